The summed E-state index contributed by atoms with van der Waals surface area (Å²) in [4.78, 5) is 0. The highest BCUT2D eigenvalue weighted by atomic mass is 19.4. The van der Waals surface area contributed by atoms with Crippen LogP contribution in [0.4, 0.5) is 26.3 Å². The molecule has 0 aliphatic heterocycles. The van der Waals surface area contributed by atoms with Crippen LogP contribution >= 0.6 is 0 Å². The monoisotopic (exact) mass is 329 g/mol. The number of rotatable bonds is 5. The highest BCUT2D eigenvalue weighted by molar-refractivity contribution is 5.38. The Bertz CT molecular complexity index is 497. The number of alkyl halides is 6. The summed E-state index contributed by atoms with van der Waals surface area (Å²) < 4.78 is 76.7. The molecule has 0 unspecified atom stereocenters. The van der Waals surface area contributed by atoms with E-state index in [0.717, 1.165) is 0 Å². The van der Waals surface area contributed by atoms with E-state index in [0.29, 0.717) is 25.0 Å². The molecule has 0 aliphatic carbocycles. The van der Waals surface area contributed by atoms with E-state index in [1.54, 1.807) is 0 Å². The second-order valence-electron chi connectivity index (χ2n) is 5.03. The van der Waals surface area contributed by atoms with E-state index in [1.165, 1.54) is 0 Å². The first kappa shape index (κ1) is 18.8. The Labute approximate surface area is 123 Å². The Hall–Kier alpha value is -1.28. The third-order valence-corrected chi connectivity index (χ3v) is 3.31. The average Bonchev–Trinajstić information content (AvgIpc) is 2.41. The van der Waals surface area contributed by atoms with Crippen LogP contribution < -0.4 is 5.73 Å². The van der Waals surface area contributed by atoms with Crippen molar-refractivity contribution in [2.45, 2.75) is 50.7 Å². The summed E-state index contributed by atoms with van der Waals surface area (Å²) in [6.07, 6.45) is -9.68. The normalized spacial score (nSPS) is 15.7. The Kier molecular flexibility index (Phi) is 5.86. The van der Waals surface area contributed by atoms with Crippen LogP contribution in [0.1, 0.15) is 48.9 Å². The molecule has 2 nitrogen and oxygen atoms in total. The molecule has 0 radical (unpaired) electrons. The summed E-state index contributed by atoms with van der Waals surface area (Å²) in [7, 11) is 0. The predicted octanol–water partition coefficient (Wildman–Crippen LogP) is 4.28. The Morgan fingerprint density at radius 1 is 1.09 bits per heavy atom. The number of nitrogens with two attached hydrogens (primary N) is 1. The van der Waals surface area contributed by atoms with E-state index in [2.05, 4.69) is 0 Å². The summed E-state index contributed by atoms with van der Waals surface area (Å²) in [5, 5.41) is 9.81. The molecule has 0 saturated heterocycles. The van der Waals surface area contributed by atoms with Crippen molar-refractivity contribution in [1.29, 1.82) is 0 Å². The molecule has 22 heavy (non-hydrogen) atoms. The SMILES string of the molecule is CCCC[C@@H](O)[C@@H](N)c1ccc(C(F)(F)F)cc1C(F)(F)F. The lowest BCUT2D eigenvalue weighted by Gasteiger charge is -2.23. The van der Waals surface area contributed by atoms with Crippen LogP contribution in [-0.4, -0.2) is 11.2 Å². The fraction of sp³-hybridized carbons (Fsp3) is 0.571. The molecule has 0 bridgehead atoms. The molecule has 2 atom stereocenters. The highest BCUT2D eigenvalue weighted by Gasteiger charge is 2.39. The fourth-order valence-electron chi connectivity index (χ4n) is 2.07. The van der Waals surface area contributed by atoms with Crippen molar-refractivity contribution in [2.24, 2.45) is 5.73 Å². The van der Waals surface area contributed by atoms with Crippen molar-refractivity contribution in [3.8, 4) is 0 Å². The maximum absolute atomic E-state index is 13.0. The predicted molar refractivity (Wildman–Crippen MR) is 68.9 cm³/mol. The van der Waals surface area contributed by atoms with E-state index in [-0.39, 0.29) is 12.5 Å². The van der Waals surface area contributed by atoms with Gasteiger partial charge in [-0.15, -0.1) is 0 Å². The first-order valence-electron chi connectivity index (χ1n) is 6.70. The molecule has 1 rings (SSSR count). The van der Waals surface area contributed by atoms with Crippen molar-refractivity contribution in [3.63, 3.8) is 0 Å². The van der Waals surface area contributed by atoms with Crippen LogP contribution in [0.2, 0.25) is 0 Å². The third-order valence-electron chi connectivity index (χ3n) is 3.31. The van der Waals surface area contributed by atoms with Gasteiger partial charge in [0.15, 0.2) is 0 Å². The second kappa shape index (κ2) is 6.87. The van der Waals surface area contributed by atoms with E-state index in [9.17, 15) is 31.4 Å². The average molecular weight is 329 g/mol. The molecule has 3 N–H and O–H groups in total. The van der Waals surface area contributed by atoms with Crippen LogP contribution in [0.25, 0.3) is 0 Å². The molecule has 0 aliphatic rings. The lowest BCUT2D eigenvalue weighted by atomic mass is 9.92. The number of aliphatic hydroxyl groups is 1. The number of aliphatic hydroxyl groups excluding tert-OH is 1. The number of unbranched alkanes of at least 4 members (excludes halogenated alkanes) is 1. The minimum Gasteiger partial charge on any atom is -0.391 e. The summed E-state index contributed by atoms with van der Waals surface area (Å²) in [6, 6.07) is -0.144. The molecule has 0 saturated carbocycles. The zero-order valence-corrected chi connectivity index (χ0v) is 11.8. The first-order valence-corrected chi connectivity index (χ1v) is 6.70. The Morgan fingerprint density at radius 3 is 2.14 bits per heavy atom. The molecule has 0 spiro atoms. The molecule has 126 valence electrons. The minimum absolute atomic E-state index is 0.0295. The number of halogens is 6. The van der Waals surface area contributed by atoms with Crippen LogP contribution in [0, 0.1) is 0 Å². The van der Waals surface area contributed by atoms with Gasteiger partial charge in [-0.1, -0.05) is 25.8 Å². The topological polar surface area (TPSA) is 46.2 Å². The van der Waals surface area contributed by atoms with Crippen molar-refractivity contribution in [3.05, 3.63) is 34.9 Å². The van der Waals surface area contributed by atoms with Gasteiger partial charge in [-0.05, 0) is 24.1 Å². The molecular formula is C14H17F6NO. The molecule has 0 aromatic heterocycles. The van der Waals surface area contributed by atoms with Crippen LogP contribution in [-0.2, 0) is 12.4 Å². The number of benzene rings is 1. The van der Waals surface area contributed by atoms with Crippen molar-refractivity contribution >= 4 is 0 Å². The Balaban J connectivity index is 3.24. The molecule has 0 heterocycles. The minimum atomic E-state index is -4.99. The number of hydrogen-bond acceptors (Lipinski definition) is 2. The summed E-state index contributed by atoms with van der Waals surface area (Å²) in [6.45, 7) is 1.83. The summed E-state index contributed by atoms with van der Waals surface area (Å²) >= 11 is 0. The van der Waals surface area contributed by atoms with Gasteiger partial charge in [0.1, 0.15) is 0 Å². The standard InChI is InChI=1S/C14H17F6NO/c1-2-3-4-11(22)12(21)9-6-5-8(13(15,16)17)7-10(9)14(18,19)20/h5-7,11-12,22H,2-4,21H2,1H3/t11-,12+/m1/s1. The lowest BCUT2D eigenvalue weighted by molar-refractivity contribution is -0.143. The van der Waals surface area contributed by atoms with E-state index in [1.807, 2.05) is 6.92 Å². The van der Waals surface area contributed by atoms with Crippen LogP contribution in [0.5, 0.6) is 0 Å². The highest BCUT2D eigenvalue weighted by Crippen LogP contribution is 2.39. The van der Waals surface area contributed by atoms with Crippen molar-refractivity contribution in [1.82, 2.24) is 0 Å². The van der Waals surface area contributed by atoms with E-state index < -0.39 is 41.2 Å². The maximum atomic E-state index is 13.0. The fourth-order valence-corrected chi connectivity index (χ4v) is 2.07. The third kappa shape index (κ3) is 4.61. The second-order valence-corrected chi connectivity index (χ2v) is 5.03. The molecule has 8 heteroatoms. The molecule has 1 aromatic rings. The van der Waals surface area contributed by atoms with Gasteiger partial charge in [0.05, 0.1) is 23.3 Å². The van der Waals surface area contributed by atoms with E-state index >= 15 is 0 Å². The van der Waals surface area contributed by atoms with Crippen molar-refractivity contribution in [2.75, 3.05) is 0 Å². The van der Waals surface area contributed by atoms with Gasteiger partial charge in [-0.25, -0.2) is 0 Å². The van der Waals surface area contributed by atoms with Gasteiger partial charge in [0.25, 0.3) is 0 Å². The van der Waals surface area contributed by atoms with E-state index in [4.69, 9.17) is 5.73 Å². The molecule has 1 aromatic carbocycles. The smallest absolute Gasteiger partial charge is 0.391 e. The zero-order chi connectivity index (χ0) is 17.1. The summed E-state index contributed by atoms with van der Waals surface area (Å²) in [5.41, 5.74) is 2.20. The Morgan fingerprint density at radius 2 is 1.68 bits per heavy atom. The maximum Gasteiger partial charge on any atom is 0.416 e. The zero-order valence-electron chi connectivity index (χ0n) is 11.8. The van der Waals surface area contributed by atoms with Crippen molar-refractivity contribution < 1.29 is 31.4 Å². The van der Waals surface area contributed by atoms with Crippen LogP contribution in [0.3, 0.4) is 0 Å². The van der Waals surface area contributed by atoms with Gasteiger partial charge in [-0.3, -0.25) is 0 Å². The van der Waals surface area contributed by atoms with Gasteiger partial charge in [0, 0.05) is 0 Å². The van der Waals surface area contributed by atoms with Gasteiger partial charge >= 0.3 is 12.4 Å². The van der Waals surface area contributed by atoms with Gasteiger partial charge < -0.3 is 10.8 Å². The largest absolute Gasteiger partial charge is 0.416 e. The molecular weight excluding hydrogens is 312 g/mol. The molecule has 0 fully saturated rings. The quantitative estimate of drug-likeness (QED) is 0.792. The van der Waals surface area contributed by atoms with Crippen LogP contribution in [0.15, 0.2) is 18.2 Å². The van der Waals surface area contributed by atoms with Gasteiger partial charge in [0.2, 0.25) is 0 Å². The summed E-state index contributed by atoms with van der Waals surface area (Å²) in [5.74, 6) is 0. The van der Waals surface area contributed by atoms with Gasteiger partial charge in [-0.2, -0.15) is 26.3 Å². The lowest BCUT2D eigenvalue weighted by Crippen LogP contribution is -2.29. The number of hydrogen-bond donors (Lipinski definition) is 2. The molecule has 0 amide bonds. The first-order chi connectivity index (χ1) is 9.98.